The van der Waals surface area contributed by atoms with Crippen LogP contribution in [0.15, 0.2) is 24.3 Å². The van der Waals surface area contributed by atoms with E-state index in [1.54, 1.807) is 24.3 Å². The highest BCUT2D eigenvalue weighted by molar-refractivity contribution is 5.96. The van der Waals surface area contributed by atoms with E-state index in [1.807, 2.05) is 0 Å². The van der Waals surface area contributed by atoms with Crippen LogP contribution < -0.4 is 0 Å². The fraction of sp³-hybridized carbons (Fsp3) is 0.400. The van der Waals surface area contributed by atoms with Crippen molar-refractivity contribution in [2.75, 3.05) is 6.61 Å². The SMILES string of the molecule is O=C1OCCC(O)CC(O)C/C=C/c2cccc(O)c21. The third-order valence-corrected chi connectivity index (χ3v) is 3.21. The van der Waals surface area contributed by atoms with Crippen LogP contribution >= 0.6 is 0 Å². The second-order valence-electron chi connectivity index (χ2n) is 4.85. The van der Waals surface area contributed by atoms with Gasteiger partial charge in [-0.25, -0.2) is 4.79 Å². The number of carbonyl (C=O) groups excluding carboxylic acids is 1. The second kappa shape index (κ2) is 6.54. The first-order chi connectivity index (χ1) is 9.58. The van der Waals surface area contributed by atoms with E-state index in [0.717, 1.165) is 0 Å². The van der Waals surface area contributed by atoms with Gasteiger partial charge in [-0.05, 0) is 24.5 Å². The molecule has 0 aliphatic carbocycles. The van der Waals surface area contributed by atoms with Crippen LogP contribution in [0.1, 0.15) is 35.2 Å². The first-order valence-electron chi connectivity index (χ1n) is 6.59. The predicted molar refractivity (Wildman–Crippen MR) is 73.3 cm³/mol. The maximum Gasteiger partial charge on any atom is 0.342 e. The number of esters is 1. The number of aliphatic hydroxyl groups is 2. The van der Waals surface area contributed by atoms with E-state index < -0.39 is 18.2 Å². The minimum atomic E-state index is -0.713. The number of phenolic OH excluding ortho intramolecular Hbond substituents is 1. The number of hydrogen-bond donors (Lipinski definition) is 3. The average molecular weight is 278 g/mol. The number of aliphatic hydroxyl groups excluding tert-OH is 2. The van der Waals surface area contributed by atoms with Gasteiger partial charge in [0.2, 0.25) is 0 Å². The standard InChI is InChI=1S/C15H18O5/c16-11-5-1-3-10-4-2-6-13(18)14(10)15(19)20-8-7-12(17)9-11/h1-4,6,11-12,16-18H,5,7-9H2/b3-1+. The van der Waals surface area contributed by atoms with Gasteiger partial charge >= 0.3 is 5.97 Å². The summed E-state index contributed by atoms with van der Waals surface area (Å²) in [6.45, 7) is 0.0458. The topological polar surface area (TPSA) is 87.0 Å². The van der Waals surface area contributed by atoms with Gasteiger partial charge in [0.25, 0.3) is 0 Å². The Labute approximate surface area is 117 Å². The van der Waals surface area contributed by atoms with Crippen LogP contribution in [-0.2, 0) is 4.74 Å². The molecule has 0 fully saturated rings. The van der Waals surface area contributed by atoms with E-state index in [1.165, 1.54) is 6.07 Å². The van der Waals surface area contributed by atoms with Crippen LogP contribution in [0.3, 0.4) is 0 Å². The van der Waals surface area contributed by atoms with Crippen LogP contribution in [-0.4, -0.2) is 40.1 Å². The van der Waals surface area contributed by atoms with Gasteiger partial charge in [-0.1, -0.05) is 24.3 Å². The van der Waals surface area contributed by atoms with Gasteiger partial charge in [-0.2, -0.15) is 0 Å². The number of cyclic esters (lactones) is 1. The monoisotopic (exact) mass is 278 g/mol. The van der Waals surface area contributed by atoms with Crippen LogP contribution in [0.25, 0.3) is 6.08 Å². The van der Waals surface area contributed by atoms with Crippen molar-refractivity contribution in [2.45, 2.75) is 31.5 Å². The number of carbonyl (C=O) groups is 1. The van der Waals surface area contributed by atoms with Crippen molar-refractivity contribution in [1.82, 2.24) is 0 Å². The molecule has 0 aromatic heterocycles. The molecular formula is C15H18O5. The number of fused-ring (bicyclic) bond motifs is 1. The predicted octanol–water partition coefficient (Wildman–Crippen LogP) is 1.47. The number of benzene rings is 1. The van der Waals surface area contributed by atoms with Crippen molar-refractivity contribution in [2.24, 2.45) is 0 Å². The molecule has 2 rings (SSSR count). The van der Waals surface area contributed by atoms with Gasteiger partial charge in [0.1, 0.15) is 11.3 Å². The molecule has 0 saturated heterocycles. The van der Waals surface area contributed by atoms with Gasteiger partial charge in [0.15, 0.2) is 0 Å². The van der Waals surface area contributed by atoms with Gasteiger partial charge in [0, 0.05) is 6.42 Å². The molecule has 1 aliphatic heterocycles. The highest BCUT2D eigenvalue weighted by Crippen LogP contribution is 2.24. The van der Waals surface area contributed by atoms with Crippen molar-refractivity contribution in [3.8, 4) is 5.75 Å². The van der Waals surface area contributed by atoms with Crippen LogP contribution in [0, 0.1) is 0 Å². The van der Waals surface area contributed by atoms with Gasteiger partial charge in [0.05, 0.1) is 18.8 Å². The molecule has 1 aromatic rings. The van der Waals surface area contributed by atoms with Crippen LogP contribution in [0.5, 0.6) is 5.75 Å². The molecule has 2 unspecified atom stereocenters. The summed E-state index contributed by atoms with van der Waals surface area (Å²) in [6.07, 6.45) is 2.90. The van der Waals surface area contributed by atoms with E-state index in [9.17, 15) is 20.1 Å². The van der Waals surface area contributed by atoms with E-state index >= 15 is 0 Å². The van der Waals surface area contributed by atoms with Crippen molar-refractivity contribution in [3.63, 3.8) is 0 Å². The molecule has 1 heterocycles. The molecule has 20 heavy (non-hydrogen) atoms. The zero-order valence-corrected chi connectivity index (χ0v) is 11.0. The highest BCUT2D eigenvalue weighted by Gasteiger charge is 2.18. The van der Waals surface area contributed by atoms with Crippen molar-refractivity contribution in [1.29, 1.82) is 0 Å². The lowest BCUT2D eigenvalue weighted by atomic mass is 10.0. The molecule has 2 atom stereocenters. The largest absolute Gasteiger partial charge is 0.507 e. The van der Waals surface area contributed by atoms with Gasteiger partial charge in [-0.15, -0.1) is 0 Å². The molecule has 0 saturated carbocycles. The van der Waals surface area contributed by atoms with Crippen molar-refractivity contribution < 1.29 is 24.9 Å². The lowest BCUT2D eigenvalue weighted by molar-refractivity contribution is 0.0346. The molecule has 108 valence electrons. The summed E-state index contributed by atoms with van der Waals surface area (Å²) in [4.78, 5) is 12.0. The molecule has 0 radical (unpaired) electrons. The molecular weight excluding hydrogens is 260 g/mol. The number of rotatable bonds is 0. The minimum Gasteiger partial charge on any atom is -0.507 e. The molecule has 5 nitrogen and oxygen atoms in total. The molecule has 0 bridgehead atoms. The Morgan fingerprint density at radius 2 is 2.00 bits per heavy atom. The molecule has 0 spiro atoms. The van der Waals surface area contributed by atoms with E-state index in [4.69, 9.17) is 4.74 Å². The zero-order chi connectivity index (χ0) is 14.5. The van der Waals surface area contributed by atoms with Crippen molar-refractivity contribution >= 4 is 12.0 Å². The fourth-order valence-corrected chi connectivity index (χ4v) is 2.16. The first kappa shape index (κ1) is 14.6. The fourth-order valence-electron chi connectivity index (χ4n) is 2.16. The number of hydrogen-bond acceptors (Lipinski definition) is 5. The quantitative estimate of drug-likeness (QED) is 0.626. The Bertz CT molecular complexity index is 509. The first-order valence-corrected chi connectivity index (χ1v) is 6.59. The lowest BCUT2D eigenvalue weighted by Gasteiger charge is -2.16. The molecule has 0 amide bonds. The molecule has 3 N–H and O–H groups in total. The number of aromatic hydroxyl groups is 1. The molecule has 5 heteroatoms. The lowest BCUT2D eigenvalue weighted by Crippen LogP contribution is -2.20. The van der Waals surface area contributed by atoms with Gasteiger partial charge in [-0.3, -0.25) is 0 Å². The summed E-state index contributed by atoms with van der Waals surface area (Å²) in [6, 6.07) is 4.75. The smallest absolute Gasteiger partial charge is 0.342 e. The summed E-state index contributed by atoms with van der Waals surface area (Å²) in [5, 5.41) is 29.2. The summed E-state index contributed by atoms with van der Waals surface area (Å²) in [5.41, 5.74) is 0.650. The number of ether oxygens (including phenoxy) is 1. The Morgan fingerprint density at radius 3 is 2.80 bits per heavy atom. The Morgan fingerprint density at radius 1 is 1.20 bits per heavy atom. The number of phenols is 1. The van der Waals surface area contributed by atoms with Crippen LogP contribution in [0.2, 0.25) is 0 Å². The Balaban J connectivity index is 2.31. The van der Waals surface area contributed by atoms with E-state index in [0.29, 0.717) is 12.0 Å². The molecule has 1 aromatic carbocycles. The third kappa shape index (κ3) is 3.59. The average Bonchev–Trinajstić information content (AvgIpc) is 2.37. The normalized spacial score (nSPS) is 25.8. The van der Waals surface area contributed by atoms with E-state index in [-0.39, 0.29) is 30.8 Å². The zero-order valence-electron chi connectivity index (χ0n) is 11.0. The van der Waals surface area contributed by atoms with Crippen molar-refractivity contribution in [3.05, 3.63) is 35.4 Å². The highest BCUT2D eigenvalue weighted by atomic mass is 16.5. The summed E-state index contributed by atoms with van der Waals surface area (Å²) >= 11 is 0. The summed E-state index contributed by atoms with van der Waals surface area (Å²) in [5.74, 6) is -0.758. The maximum atomic E-state index is 12.0. The van der Waals surface area contributed by atoms with Crippen LogP contribution in [0.4, 0.5) is 0 Å². The third-order valence-electron chi connectivity index (χ3n) is 3.21. The maximum absolute atomic E-state index is 12.0. The van der Waals surface area contributed by atoms with E-state index in [2.05, 4.69) is 0 Å². The Kier molecular flexibility index (Phi) is 4.76. The summed E-state index contributed by atoms with van der Waals surface area (Å²) in [7, 11) is 0. The minimum absolute atomic E-state index is 0.0458. The van der Waals surface area contributed by atoms with Gasteiger partial charge < -0.3 is 20.1 Å². The summed E-state index contributed by atoms with van der Waals surface area (Å²) < 4.78 is 5.05. The molecule has 1 aliphatic rings. The second-order valence-corrected chi connectivity index (χ2v) is 4.85. The Hall–Kier alpha value is -1.85.